The van der Waals surface area contributed by atoms with Crippen LogP contribution in [0.2, 0.25) is 5.02 Å². The molecule has 5 nitrogen and oxygen atoms in total. The van der Waals surface area contributed by atoms with Gasteiger partial charge in [-0.05, 0) is 61.2 Å². The molecule has 1 saturated carbocycles. The molecule has 23 heavy (non-hydrogen) atoms. The Hall–Kier alpha value is -2.40. The smallest absolute Gasteiger partial charge is 0.269 e. The lowest BCUT2D eigenvalue weighted by atomic mass is 9.71. The number of nitrogens with zero attached hydrogens (tertiary/aromatic N) is 1. The molecule has 2 aromatic carbocycles. The average Bonchev–Trinajstić information content (AvgIpc) is 2.51. The maximum Gasteiger partial charge on any atom is 0.269 e. The van der Waals surface area contributed by atoms with Crippen molar-refractivity contribution in [2.24, 2.45) is 0 Å². The molecule has 1 fully saturated rings. The Morgan fingerprint density at radius 1 is 1.09 bits per heavy atom. The third-order valence-corrected chi connectivity index (χ3v) is 4.55. The standard InChI is InChI=1S/C17H15ClN2O3/c18-14-6-2-12(3-7-14)16(21)19-17(10-1-11-17)13-4-8-15(9-5-13)20(22)23/h2-9H,1,10-11H2,(H,19,21). The topological polar surface area (TPSA) is 72.2 Å². The van der Waals surface area contributed by atoms with Crippen LogP contribution >= 0.6 is 11.6 Å². The summed E-state index contributed by atoms with van der Waals surface area (Å²) in [4.78, 5) is 22.8. The minimum absolute atomic E-state index is 0.0484. The van der Waals surface area contributed by atoms with Crippen molar-refractivity contribution in [3.8, 4) is 0 Å². The van der Waals surface area contributed by atoms with Gasteiger partial charge in [-0.1, -0.05) is 11.6 Å². The summed E-state index contributed by atoms with van der Waals surface area (Å²) in [6.45, 7) is 0. The molecule has 6 heteroatoms. The predicted octanol–water partition coefficient (Wildman–Crippen LogP) is 4.06. The second-order valence-corrected chi connectivity index (χ2v) is 6.14. The number of hydrogen-bond donors (Lipinski definition) is 1. The van der Waals surface area contributed by atoms with Crippen LogP contribution in [0.3, 0.4) is 0 Å². The molecule has 0 radical (unpaired) electrons. The maximum atomic E-state index is 12.5. The van der Waals surface area contributed by atoms with Crippen molar-refractivity contribution < 1.29 is 9.72 Å². The van der Waals surface area contributed by atoms with Crippen molar-refractivity contribution in [3.05, 3.63) is 74.8 Å². The van der Waals surface area contributed by atoms with E-state index in [1.165, 1.54) is 12.1 Å². The molecule has 1 aliphatic carbocycles. The van der Waals surface area contributed by atoms with Crippen LogP contribution in [0.5, 0.6) is 0 Å². The van der Waals surface area contributed by atoms with Gasteiger partial charge in [0.25, 0.3) is 11.6 Å². The lowest BCUT2D eigenvalue weighted by molar-refractivity contribution is -0.384. The van der Waals surface area contributed by atoms with E-state index in [4.69, 9.17) is 11.6 Å². The Morgan fingerprint density at radius 3 is 2.17 bits per heavy atom. The minimum Gasteiger partial charge on any atom is -0.343 e. The minimum atomic E-state index is -0.439. The van der Waals surface area contributed by atoms with E-state index in [1.54, 1.807) is 36.4 Å². The summed E-state index contributed by atoms with van der Waals surface area (Å²) < 4.78 is 0. The first-order valence-electron chi connectivity index (χ1n) is 7.33. The van der Waals surface area contributed by atoms with E-state index >= 15 is 0 Å². The first-order chi connectivity index (χ1) is 11.0. The summed E-state index contributed by atoms with van der Waals surface area (Å²) in [6.07, 6.45) is 2.66. The van der Waals surface area contributed by atoms with Gasteiger partial charge in [-0.3, -0.25) is 14.9 Å². The number of benzene rings is 2. The Morgan fingerprint density at radius 2 is 1.70 bits per heavy atom. The molecule has 1 N–H and O–H groups in total. The third-order valence-electron chi connectivity index (χ3n) is 4.30. The van der Waals surface area contributed by atoms with Crippen LogP contribution in [0.4, 0.5) is 5.69 Å². The fourth-order valence-corrected chi connectivity index (χ4v) is 2.94. The SMILES string of the molecule is O=C(NC1(c2ccc([N+](=O)[O-])cc2)CCC1)c1ccc(Cl)cc1. The van der Waals surface area contributed by atoms with E-state index in [0.29, 0.717) is 10.6 Å². The van der Waals surface area contributed by atoms with Gasteiger partial charge >= 0.3 is 0 Å². The van der Waals surface area contributed by atoms with E-state index in [9.17, 15) is 14.9 Å². The molecule has 0 aliphatic heterocycles. The largest absolute Gasteiger partial charge is 0.343 e. The summed E-state index contributed by atoms with van der Waals surface area (Å²) in [6, 6.07) is 13.1. The van der Waals surface area contributed by atoms with Gasteiger partial charge in [-0.2, -0.15) is 0 Å². The van der Waals surface area contributed by atoms with E-state index < -0.39 is 10.5 Å². The number of hydrogen-bond acceptors (Lipinski definition) is 3. The normalized spacial score (nSPS) is 15.5. The monoisotopic (exact) mass is 330 g/mol. The molecule has 1 amide bonds. The van der Waals surface area contributed by atoms with Gasteiger partial charge in [0.1, 0.15) is 0 Å². The lowest BCUT2D eigenvalue weighted by Gasteiger charge is -2.43. The van der Waals surface area contributed by atoms with Gasteiger partial charge in [0.2, 0.25) is 0 Å². The first-order valence-corrected chi connectivity index (χ1v) is 7.71. The van der Waals surface area contributed by atoms with Crippen LogP contribution in [0.15, 0.2) is 48.5 Å². The van der Waals surface area contributed by atoms with Crippen molar-refractivity contribution >= 4 is 23.2 Å². The molecule has 0 aromatic heterocycles. The van der Waals surface area contributed by atoms with Gasteiger partial charge in [-0.25, -0.2) is 0 Å². The number of nitro benzene ring substituents is 1. The fraction of sp³-hybridized carbons (Fsp3) is 0.235. The van der Waals surface area contributed by atoms with Crippen molar-refractivity contribution in [3.63, 3.8) is 0 Å². The zero-order chi connectivity index (χ0) is 16.4. The highest BCUT2D eigenvalue weighted by molar-refractivity contribution is 6.30. The average molecular weight is 331 g/mol. The Balaban J connectivity index is 1.82. The molecule has 3 rings (SSSR count). The van der Waals surface area contributed by atoms with Crippen molar-refractivity contribution in [1.29, 1.82) is 0 Å². The van der Waals surface area contributed by atoms with Gasteiger partial charge in [0, 0.05) is 22.7 Å². The molecule has 0 atom stereocenters. The Bertz CT molecular complexity index is 737. The van der Waals surface area contributed by atoms with Crippen molar-refractivity contribution in [1.82, 2.24) is 5.32 Å². The van der Waals surface area contributed by atoms with E-state index in [0.717, 1.165) is 24.8 Å². The number of non-ortho nitro benzene ring substituents is 1. The Labute approximate surface area is 138 Å². The second-order valence-electron chi connectivity index (χ2n) is 5.70. The van der Waals surface area contributed by atoms with E-state index in [-0.39, 0.29) is 11.6 Å². The summed E-state index contributed by atoms with van der Waals surface area (Å²) in [7, 11) is 0. The lowest BCUT2D eigenvalue weighted by Crippen LogP contribution is -2.50. The highest BCUT2D eigenvalue weighted by Crippen LogP contribution is 2.41. The number of carbonyl (C=O) groups is 1. The van der Waals surface area contributed by atoms with Crippen LogP contribution in [-0.2, 0) is 5.54 Å². The zero-order valence-electron chi connectivity index (χ0n) is 12.3. The summed E-state index contributed by atoms with van der Waals surface area (Å²) >= 11 is 5.84. The number of amides is 1. The third kappa shape index (κ3) is 3.05. The second kappa shape index (κ2) is 6.01. The molecular weight excluding hydrogens is 316 g/mol. The highest BCUT2D eigenvalue weighted by atomic mass is 35.5. The molecular formula is C17H15ClN2O3. The summed E-state index contributed by atoms with van der Waals surface area (Å²) in [5.74, 6) is -0.167. The summed E-state index contributed by atoms with van der Waals surface area (Å²) in [5.41, 5.74) is 1.05. The predicted molar refractivity (Wildman–Crippen MR) is 87.5 cm³/mol. The first kappa shape index (κ1) is 15.5. The van der Waals surface area contributed by atoms with Crippen molar-refractivity contribution in [2.75, 3.05) is 0 Å². The Kier molecular flexibility index (Phi) is 4.05. The highest BCUT2D eigenvalue weighted by Gasteiger charge is 2.40. The molecule has 0 heterocycles. The van der Waals surface area contributed by atoms with E-state index in [2.05, 4.69) is 5.32 Å². The molecule has 118 valence electrons. The van der Waals surface area contributed by atoms with Gasteiger partial charge in [-0.15, -0.1) is 0 Å². The van der Waals surface area contributed by atoms with Gasteiger partial charge in [0.05, 0.1) is 10.5 Å². The van der Waals surface area contributed by atoms with Crippen LogP contribution in [0.25, 0.3) is 0 Å². The number of halogens is 1. The van der Waals surface area contributed by atoms with Gasteiger partial charge < -0.3 is 5.32 Å². The number of carbonyl (C=O) groups excluding carboxylic acids is 1. The number of nitro groups is 1. The fourth-order valence-electron chi connectivity index (χ4n) is 2.81. The molecule has 0 saturated heterocycles. The zero-order valence-corrected chi connectivity index (χ0v) is 13.0. The van der Waals surface area contributed by atoms with E-state index in [1.807, 2.05) is 0 Å². The quantitative estimate of drug-likeness (QED) is 0.678. The van der Waals surface area contributed by atoms with Crippen LogP contribution in [-0.4, -0.2) is 10.8 Å². The number of rotatable bonds is 4. The van der Waals surface area contributed by atoms with Crippen molar-refractivity contribution in [2.45, 2.75) is 24.8 Å². The molecule has 2 aromatic rings. The molecule has 1 aliphatic rings. The molecule has 0 unspecified atom stereocenters. The molecule has 0 bridgehead atoms. The number of nitrogens with one attached hydrogen (secondary N) is 1. The molecule has 0 spiro atoms. The maximum absolute atomic E-state index is 12.5. The summed E-state index contributed by atoms with van der Waals surface area (Å²) in [5, 5.41) is 14.4. The van der Waals surface area contributed by atoms with Crippen LogP contribution in [0.1, 0.15) is 35.2 Å². The van der Waals surface area contributed by atoms with Crippen LogP contribution in [0, 0.1) is 10.1 Å². The van der Waals surface area contributed by atoms with Gasteiger partial charge in [0.15, 0.2) is 0 Å². The van der Waals surface area contributed by atoms with Crippen LogP contribution < -0.4 is 5.32 Å².